The van der Waals surface area contributed by atoms with E-state index in [0.29, 0.717) is 5.91 Å². The normalized spacial score (nSPS) is 21.4. The molecule has 6 nitrogen and oxygen atoms in total. The van der Waals surface area contributed by atoms with Crippen molar-refractivity contribution in [1.29, 1.82) is 0 Å². The van der Waals surface area contributed by atoms with Gasteiger partial charge in [-0.25, -0.2) is 4.98 Å². The van der Waals surface area contributed by atoms with Crippen LogP contribution in [0.15, 0.2) is 6.33 Å². The summed E-state index contributed by atoms with van der Waals surface area (Å²) in [5.41, 5.74) is 0. The molecule has 2 aliphatic rings. The molecule has 2 fully saturated rings. The Hall–Kier alpha value is -1.08. The summed E-state index contributed by atoms with van der Waals surface area (Å²) in [6, 6.07) is 0. The molecular formula is C12H19N5OS. The Morgan fingerprint density at radius 2 is 2.16 bits per heavy atom. The number of amides is 1. The van der Waals surface area contributed by atoms with Crippen LogP contribution >= 0.6 is 11.8 Å². The molecule has 19 heavy (non-hydrogen) atoms. The number of aryl methyl sites for hydroxylation is 1. The zero-order valence-electron chi connectivity index (χ0n) is 11.2. The third-order valence-electron chi connectivity index (χ3n) is 3.80. The van der Waals surface area contributed by atoms with E-state index in [9.17, 15) is 4.79 Å². The highest BCUT2D eigenvalue weighted by Gasteiger charge is 2.35. The molecule has 3 heterocycles. The number of rotatable bonds is 3. The number of hydrogen-bond acceptors (Lipinski definition) is 5. The number of nitrogens with zero attached hydrogens (tertiary/aromatic N) is 5. The van der Waals surface area contributed by atoms with E-state index in [1.165, 1.54) is 0 Å². The summed E-state index contributed by atoms with van der Waals surface area (Å²) in [7, 11) is 1.90. The molecule has 0 unspecified atom stereocenters. The van der Waals surface area contributed by atoms with Gasteiger partial charge < -0.3 is 4.90 Å². The van der Waals surface area contributed by atoms with E-state index in [4.69, 9.17) is 0 Å². The highest BCUT2D eigenvalue weighted by atomic mass is 32.2. The van der Waals surface area contributed by atoms with Crippen LogP contribution in [0.5, 0.6) is 0 Å². The summed E-state index contributed by atoms with van der Waals surface area (Å²) in [6.07, 6.45) is 1.57. The lowest BCUT2D eigenvalue weighted by molar-refractivity contribution is -0.141. The lowest BCUT2D eigenvalue weighted by Crippen LogP contribution is -2.55. The molecule has 0 N–H and O–H groups in total. The fraction of sp³-hybridized carbons (Fsp3) is 0.750. The highest BCUT2D eigenvalue weighted by molar-refractivity contribution is 7.99. The van der Waals surface area contributed by atoms with Gasteiger partial charge in [0, 0.05) is 44.7 Å². The van der Waals surface area contributed by atoms with Gasteiger partial charge in [-0.2, -0.15) is 16.9 Å². The summed E-state index contributed by atoms with van der Waals surface area (Å²) in [6.45, 7) is 4.34. The molecule has 0 aromatic carbocycles. The van der Waals surface area contributed by atoms with Gasteiger partial charge in [-0.3, -0.25) is 14.4 Å². The number of aromatic nitrogens is 3. The van der Waals surface area contributed by atoms with Gasteiger partial charge in [-0.1, -0.05) is 0 Å². The average Bonchev–Trinajstić information content (AvgIpc) is 2.79. The monoisotopic (exact) mass is 281 g/mol. The zero-order valence-corrected chi connectivity index (χ0v) is 12.0. The Balaban J connectivity index is 1.47. The maximum Gasteiger partial charge on any atom is 0.228 e. The smallest absolute Gasteiger partial charge is 0.228 e. The number of likely N-dealkylation sites (tertiary alicyclic amines) is 1. The van der Waals surface area contributed by atoms with Crippen LogP contribution in [0.3, 0.4) is 0 Å². The van der Waals surface area contributed by atoms with Crippen LogP contribution in [0.25, 0.3) is 0 Å². The second-order valence-corrected chi connectivity index (χ2v) is 6.35. The molecule has 0 spiro atoms. The first-order valence-corrected chi connectivity index (χ1v) is 7.81. The first-order chi connectivity index (χ1) is 9.24. The van der Waals surface area contributed by atoms with Gasteiger partial charge in [0.05, 0.1) is 12.5 Å². The van der Waals surface area contributed by atoms with Crippen molar-refractivity contribution in [1.82, 2.24) is 24.6 Å². The number of carbonyl (C=O) groups is 1. The van der Waals surface area contributed by atoms with Gasteiger partial charge in [-0.05, 0) is 0 Å². The molecule has 0 saturated carbocycles. The van der Waals surface area contributed by atoms with Crippen LogP contribution in [0, 0.1) is 5.92 Å². The standard InChI is InChI=1S/C12H19N5OS/c1-15-11(13-9-14-15)8-16-6-10(7-16)12(18)17-2-4-19-5-3-17/h9-10H,2-8H2,1H3. The third-order valence-corrected chi connectivity index (χ3v) is 4.74. The van der Waals surface area contributed by atoms with Crippen molar-refractivity contribution in [2.24, 2.45) is 13.0 Å². The first kappa shape index (κ1) is 12.9. The fourth-order valence-corrected chi connectivity index (χ4v) is 3.46. The number of hydrogen-bond donors (Lipinski definition) is 0. The predicted octanol–water partition coefficient (Wildman–Crippen LogP) is -0.178. The number of thioether (sulfide) groups is 1. The third kappa shape index (κ3) is 2.76. The summed E-state index contributed by atoms with van der Waals surface area (Å²) >= 11 is 1.94. The van der Waals surface area contributed by atoms with Crippen molar-refractivity contribution in [3.05, 3.63) is 12.2 Å². The summed E-state index contributed by atoms with van der Waals surface area (Å²) in [5, 5.41) is 4.06. The van der Waals surface area contributed by atoms with Crippen LogP contribution in [0.1, 0.15) is 5.82 Å². The maximum absolute atomic E-state index is 12.3. The maximum atomic E-state index is 12.3. The van der Waals surface area contributed by atoms with Gasteiger partial charge in [0.1, 0.15) is 12.2 Å². The SMILES string of the molecule is Cn1ncnc1CN1CC(C(=O)N2CCSCC2)C1. The molecule has 1 aromatic rings. The fourth-order valence-electron chi connectivity index (χ4n) is 2.56. The van der Waals surface area contributed by atoms with Crippen molar-refractivity contribution in [3.8, 4) is 0 Å². The first-order valence-electron chi connectivity index (χ1n) is 6.66. The van der Waals surface area contributed by atoms with Crippen molar-refractivity contribution >= 4 is 17.7 Å². The van der Waals surface area contributed by atoms with E-state index in [1.807, 2.05) is 23.7 Å². The molecule has 104 valence electrons. The largest absolute Gasteiger partial charge is 0.341 e. The van der Waals surface area contributed by atoms with Crippen LogP contribution in [-0.2, 0) is 18.4 Å². The van der Waals surface area contributed by atoms with Gasteiger partial charge in [-0.15, -0.1) is 0 Å². The summed E-state index contributed by atoms with van der Waals surface area (Å²) in [5.74, 6) is 3.66. The Morgan fingerprint density at radius 1 is 1.42 bits per heavy atom. The Morgan fingerprint density at radius 3 is 2.79 bits per heavy atom. The lowest BCUT2D eigenvalue weighted by Gasteiger charge is -2.41. The quantitative estimate of drug-likeness (QED) is 0.769. The minimum absolute atomic E-state index is 0.191. The highest BCUT2D eigenvalue weighted by Crippen LogP contribution is 2.21. The Labute approximate surface area is 117 Å². The van der Waals surface area contributed by atoms with Gasteiger partial charge in [0.25, 0.3) is 0 Å². The van der Waals surface area contributed by atoms with Crippen LogP contribution < -0.4 is 0 Å². The molecule has 3 rings (SSSR count). The molecule has 2 aliphatic heterocycles. The van der Waals surface area contributed by atoms with Crippen LogP contribution in [0.4, 0.5) is 0 Å². The van der Waals surface area contributed by atoms with E-state index in [0.717, 1.165) is 50.1 Å². The van der Waals surface area contributed by atoms with Gasteiger partial charge in [0.15, 0.2) is 0 Å². The average molecular weight is 281 g/mol. The molecule has 1 amide bonds. The minimum Gasteiger partial charge on any atom is -0.341 e. The second kappa shape index (κ2) is 5.50. The Kier molecular flexibility index (Phi) is 3.74. The van der Waals surface area contributed by atoms with Crippen molar-refractivity contribution in [2.75, 3.05) is 37.7 Å². The topological polar surface area (TPSA) is 54.3 Å². The van der Waals surface area contributed by atoms with E-state index in [2.05, 4.69) is 15.0 Å². The van der Waals surface area contributed by atoms with E-state index in [-0.39, 0.29) is 5.92 Å². The molecule has 0 aliphatic carbocycles. The van der Waals surface area contributed by atoms with E-state index < -0.39 is 0 Å². The summed E-state index contributed by atoms with van der Waals surface area (Å²) < 4.78 is 1.79. The molecule has 0 bridgehead atoms. The van der Waals surface area contributed by atoms with Gasteiger partial charge >= 0.3 is 0 Å². The summed E-state index contributed by atoms with van der Waals surface area (Å²) in [4.78, 5) is 20.7. The molecule has 1 aromatic heterocycles. The van der Waals surface area contributed by atoms with Crippen LogP contribution in [0.2, 0.25) is 0 Å². The van der Waals surface area contributed by atoms with Crippen molar-refractivity contribution in [2.45, 2.75) is 6.54 Å². The van der Waals surface area contributed by atoms with Crippen LogP contribution in [-0.4, -0.2) is 68.2 Å². The Bertz CT molecular complexity index is 451. The number of carbonyl (C=O) groups excluding carboxylic acids is 1. The second-order valence-electron chi connectivity index (χ2n) is 5.13. The molecule has 7 heteroatoms. The molecular weight excluding hydrogens is 262 g/mol. The predicted molar refractivity (Wildman–Crippen MR) is 73.7 cm³/mol. The molecule has 2 saturated heterocycles. The minimum atomic E-state index is 0.191. The molecule has 0 radical (unpaired) electrons. The lowest BCUT2D eigenvalue weighted by atomic mass is 9.98. The van der Waals surface area contributed by atoms with E-state index >= 15 is 0 Å². The van der Waals surface area contributed by atoms with Crippen molar-refractivity contribution in [3.63, 3.8) is 0 Å². The van der Waals surface area contributed by atoms with Crippen molar-refractivity contribution < 1.29 is 4.79 Å². The zero-order chi connectivity index (χ0) is 13.2. The molecule has 0 atom stereocenters. The van der Waals surface area contributed by atoms with Gasteiger partial charge in [0.2, 0.25) is 5.91 Å². The van der Waals surface area contributed by atoms with E-state index in [1.54, 1.807) is 11.0 Å².